The minimum absolute atomic E-state index is 0.0883. The van der Waals surface area contributed by atoms with E-state index >= 15 is 0 Å². The maximum Gasteiger partial charge on any atom is 0.359 e. The minimum atomic E-state index is -1.07. The summed E-state index contributed by atoms with van der Waals surface area (Å²) in [5, 5.41) is 13.2. The number of hydrogen-bond donors (Lipinski definition) is 1. The number of nitro groups is 1. The molecule has 1 N–H and O–H groups in total. The van der Waals surface area contributed by atoms with Crippen molar-refractivity contribution >= 4 is 28.9 Å². The molecule has 0 spiro atoms. The van der Waals surface area contributed by atoms with Crippen molar-refractivity contribution in [3.05, 3.63) is 70.2 Å². The van der Waals surface area contributed by atoms with Gasteiger partial charge in [-0.25, -0.2) is 9.78 Å². The van der Waals surface area contributed by atoms with Gasteiger partial charge in [-0.3, -0.25) is 14.9 Å². The number of ether oxygens (including phenoxy) is 1. The van der Waals surface area contributed by atoms with E-state index in [-0.39, 0.29) is 11.4 Å². The molecule has 2 heterocycles. The van der Waals surface area contributed by atoms with E-state index in [0.717, 1.165) is 5.69 Å². The van der Waals surface area contributed by atoms with E-state index < -0.39 is 22.9 Å². The summed E-state index contributed by atoms with van der Waals surface area (Å²) in [6, 6.07) is 10.8. The smallest absolute Gasteiger partial charge is 0.359 e. The topological polar surface area (TPSA) is 116 Å². The number of non-ortho nitro benzene ring substituents is 1. The summed E-state index contributed by atoms with van der Waals surface area (Å²) in [7, 11) is 0. The Kier molecular flexibility index (Phi) is 4.84. The molecule has 1 unspecified atom stereocenters. The van der Waals surface area contributed by atoms with E-state index in [1.165, 1.54) is 31.2 Å². The summed E-state index contributed by atoms with van der Waals surface area (Å²) >= 11 is 0. The first-order chi connectivity index (χ1) is 12.8. The van der Waals surface area contributed by atoms with Crippen molar-refractivity contribution in [2.75, 3.05) is 5.32 Å². The number of carbonyl (C=O) groups excluding carboxylic acids is 2. The van der Waals surface area contributed by atoms with Crippen LogP contribution in [0, 0.1) is 17.0 Å². The van der Waals surface area contributed by atoms with Crippen molar-refractivity contribution < 1.29 is 19.2 Å². The fraction of sp³-hybridized carbons (Fsp3) is 0.167. The van der Waals surface area contributed by atoms with Crippen LogP contribution in [-0.2, 0) is 9.53 Å². The molecule has 3 aromatic rings. The summed E-state index contributed by atoms with van der Waals surface area (Å²) in [5.74, 6) is -1.28. The van der Waals surface area contributed by atoms with Gasteiger partial charge in [0.05, 0.1) is 4.92 Å². The number of nitrogens with one attached hydrogen (secondary N) is 1. The summed E-state index contributed by atoms with van der Waals surface area (Å²) in [6.45, 7) is 3.31. The average molecular weight is 368 g/mol. The van der Waals surface area contributed by atoms with Crippen molar-refractivity contribution in [3.8, 4) is 0 Å². The Balaban J connectivity index is 1.65. The molecular formula is C18H16N4O5. The summed E-state index contributed by atoms with van der Waals surface area (Å²) in [6.07, 6.45) is 0.479. The molecule has 0 saturated carbocycles. The first kappa shape index (κ1) is 18.1. The van der Waals surface area contributed by atoms with Crippen LogP contribution in [0.3, 0.4) is 0 Å². The van der Waals surface area contributed by atoms with Gasteiger partial charge in [-0.05, 0) is 38.1 Å². The average Bonchev–Trinajstić information content (AvgIpc) is 3.08. The Labute approximate surface area is 153 Å². The van der Waals surface area contributed by atoms with E-state index in [2.05, 4.69) is 10.3 Å². The second-order valence-electron chi connectivity index (χ2n) is 5.86. The van der Waals surface area contributed by atoms with Crippen LogP contribution in [-0.4, -0.2) is 32.3 Å². The molecule has 0 saturated heterocycles. The molecule has 138 valence electrons. The number of fused-ring (bicyclic) bond motifs is 1. The van der Waals surface area contributed by atoms with Gasteiger partial charge in [-0.1, -0.05) is 6.07 Å². The van der Waals surface area contributed by atoms with Crippen LogP contribution in [0.25, 0.3) is 5.65 Å². The number of aryl methyl sites for hydroxylation is 1. The van der Waals surface area contributed by atoms with Crippen LogP contribution in [0.4, 0.5) is 11.4 Å². The van der Waals surface area contributed by atoms with Crippen LogP contribution < -0.4 is 5.32 Å². The molecule has 0 fully saturated rings. The number of benzene rings is 1. The van der Waals surface area contributed by atoms with Gasteiger partial charge in [-0.2, -0.15) is 0 Å². The Hall–Kier alpha value is -3.75. The molecule has 0 aliphatic carbocycles. The molecule has 9 heteroatoms. The quantitative estimate of drug-likeness (QED) is 0.420. The lowest BCUT2D eigenvalue weighted by Crippen LogP contribution is -2.30. The van der Waals surface area contributed by atoms with Gasteiger partial charge in [-0.15, -0.1) is 0 Å². The third-order valence-electron chi connectivity index (χ3n) is 3.90. The highest BCUT2D eigenvalue weighted by molar-refractivity contribution is 5.97. The molecule has 1 atom stereocenters. The molecule has 1 aromatic carbocycles. The lowest BCUT2D eigenvalue weighted by atomic mass is 10.2. The van der Waals surface area contributed by atoms with E-state index in [1.807, 2.05) is 19.1 Å². The van der Waals surface area contributed by atoms with Crippen LogP contribution >= 0.6 is 0 Å². The van der Waals surface area contributed by atoms with Crippen LogP contribution in [0.5, 0.6) is 0 Å². The number of amides is 1. The lowest BCUT2D eigenvalue weighted by Gasteiger charge is -2.12. The van der Waals surface area contributed by atoms with Crippen molar-refractivity contribution in [1.82, 2.24) is 9.38 Å². The number of hydrogen-bond acceptors (Lipinski definition) is 6. The Morgan fingerprint density at radius 3 is 2.56 bits per heavy atom. The summed E-state index contributed by atoms with van der Waals surface area (Å²) in [4.78, 5) is 38.7. The van der Waals surface area contributed by atoms with Crippen molar-refractivity contribution in [2.45, 2.75) is 20.0 Å². The highest BCUT2D eigenvalue weighted by Gasteiger charge is 2.21. The number of rotatable bonds is 5. The molecule has 27 heavy (non-hydrogen) atoms. The first-order valence-corrected chi connectivity index (χ1v) is 8.06. The zero-order chi connectivity index (χ0) is 19.6. The SMILES string of the molecule is Cc1cccc2nc(C(=O)OC(C)C(=O)Nc3ccc([N+](=O)[O-])cc3)cn12. The maximum absolute atomic E-state index is 12.3. The molecule has 0 aliphatic rings. The number of aromatic nitrogens is 2. The zero-order valence-electron chi connectivity index (χ0n) is 14.6. The van der Waals surface area contributed by atoms with Gasteiger partial charge in [0.1, 0.15) is 5.65 Å². The summed E-state index contributed by atoms with van der Waals surface area (Å²) < 4.78 is 6.91. The molecule has 0 radical (unpaired) electrons. The standard InChI is InChI=1S/C18H16N4O5/c1-11-4-3-5-16-20-15(10-21(11)16)18(24)27-12(2)17(23)19-13-6-8-14(9-7-13)22(25)26/h3-10,12H,1-2H3,(H,19,23). The normalized spacial score (nSPS) is 11.8. The number of pyridine rings is 1. The summed E-state index contributed by atoms with van der Waals surface area (Å²) in [5.41, 5.74) is 1.87. The molecule has 3 rings (SSSR count). The fourth-order valence-corrected chi connectivity index (χ4v) is 2.43. The van der Waals surface area contributed by atoms with E-state index in [9.17, 15) is 19.7 Å². The first-order valence-electron chi connectivity index (χ1n) is 8.06. The molecule has 2 aromatic heterocycles. The fourth-order valence-electron chi connectivity index (χ4n) is 2.43. The van der Waals surface area contributed by atoms with Gasteiger partial charge >= 0.3 is 5.97 Å². The van der Waals surface area contributed by atoms with E-state index in [0.29, 0.717) is 11.3 Å². The van der Waals surface area contributed by atoms with Crippen molar-refractivity contribution in [1.29, 1.82) is 0 Å². The predicted octanol–water partition coefficient (Wildman–Crippen LogP) is 2.73. The van der Waals surface area contributed by atoms with E-state index in [4.69, 9.17) is 4.74 Å². The second kappa shape index (κ2) is 7.24. The highest BCUT2D eigenvalue weighted by atomic mass is 16.6. The molecule has 1 amide bonds. The van der Waals surface area contributed by atoms with Crippen LogP contribution in [0.1, 0.15) is 23.1 Å². The largest absolute Gasteiger partial charge is 0.448 e. The maximum atomic E-state index is 12.3. The molecule has 9 nitrogen and oxygen atoms in total. The van der Waals surface area contributed by atoms with Crippen LogP contribution in [0.2, 0.25) is 0 Å². The third-order valence-corrected chi connectivity index (χ3v) is 3.90. The van der Waals surface area contributed by atoms with Gasteiger partial charge in [0.15, 0.2) is 11.8 Å². The lowest BCUT2D eigenvalue weighted by molar-refractivity contribution is -0.384. The number of nitro benzene ring substituents is 1. The number of anilines is 1. The van der Waals surface area contributed by atoms with Gasteiger partial charge < -0.3 is 14.5 Å². The van der Waals surface area contributed by atoms with Gasteiger partial charge in [0.25, 0.3) is 11.6 Å². The Morgan fingerprint density at radius 1 is 1.22 bits per heavy atom. The molecule has 0 aliphatic heterocycles. The van der Waals surface area contributed by atoms with E-state index in [1.54, 1.807) is 16.7 Å². The van der Waals surface area contributed by atoms with Crippen molar-refractivity contribution in [3.63, 3.8) is 0 Å². The van der Waals surface area contributed by atoms with Gasteiger partial charge in [0.2, 0.25) is 0 Å². The second-order valence-corrected chi connectivity index (χ2v) is 5.86. The predicted molar refractivity (Wildman–Crippen MR) is 96.5 cm³/mol. The Morgan fingerprint density at radius 2 is 1.93 bits per heavy atom. The number of nitrogens with zero attached hydrogens (tertiary/aromatic N) is 3. The highest BCUT2D eigenvalue weighted by Crippen LogP contribution is 2.16. The third kappa shape index (κ3) is 3.92. The number of carbonyl (C=O) groups is 2. The number of esters is 1. The molecule has 0 bridgehead atoms. The monoisotopic (exact) mass is 368 g/mol. The Bertz CT molecular complexity index is 1030. The van der Waals surface area contributed by atoms with Crippen LogP contribution in [0.15, 0.2) is 48.7 Å². The molecular weight excluding hydrogens is 352 g/mol. The zero-order valence-corrected chi connectivity index (χ0v) is 14.6. The minimum Gasteiger partial charge on any atom is -0.448 e. The van der Waals surface area contributed by atoms with Gasteiger partial charge in [0, 0.05) is 29.7 Å². The number of imidazole rings is 1. The van der Waals surface area contributed by atoms with Crippen molar-refractivity contribution in [2.24, 2.45) is 0 Å².